The van der Waals surface area contributed by atoms with Crippen molar-refractivity contribution < 1.29 is 58.1 Å². The van der Waals surface area contributed by atoms with Crippen LogP contribution in [0.25, 0.3) is 32.4 Å². The van der Waals surface area contributed by atoms with Gasteiger partial charge in [0.2, 0.25) is 0 Å². The van der Waals surface area contributed by atoms with Gasteiger partial charge in [-0.1, -0.05) is 318 Å². The number of nitrogens with zero attached hydrogens (tertiary/aromatic N) is 4. The molecule has 0 unspecified atom stereocenters. The minimum Gasteiger partial charge on any atom is -0.489 e. The van der Waals surface area contributed by atoms with Gasteiger partial charge in [-0.25, -0.2) is 0 Å². The van der Waals surface area contributed by atoms with Gasteiger partial charge in [0.15, 0.2) is 5.75 Å². The number of aliphatic carboxylic acids is 3. The summed E-state index contributed by atoms with van der Waals surface area (Å²) in [6, 6.07) is 104. The summed E-state index contributed by atoms with van der Waals surface area (Å²) in [6.07, 6.45) is 2.70. The molecule has 19 heteroatoms. The van der Waals surface area contributed by atoms with Gasteiger partial charge in [-0.2, -0.15) is 0 Å². The highest BCUT2D eigenvalue weighted by Gasteiger charge is 2.25. The third-order valence-electron chi connectivity index (χ3n) is 23.1. The number of pyridine rings is 1. The van der Waals surface area contributed by atoms with E-state index in [-0.39, 0.29) is 0 Å². The summed E-state index contributed by atoms with van der Waals surface area (Å²) in [5, 5.41) is 33.9. The third kappa shape index (κ3) is 28.5. The molecule has 678 valence electrons. The molecule has 0 amide bonds. The number of carboxylic acids is 3. The summed E-state index contributed by atoms with van der Waals surface area (Å²) in [6.45, 7) is 19.8. The number of ether oxygens (including phenoxy) is 6. The van der Waals surface area contributed by atoms with Crippen molar-refractivity contribution in [3.63, 3.8) is 0 Å². The van der Waals surface area contributed by atoms with E-state index < -0.39 is 36.0 Å². The van der Waals surface area contributed by atoms with E-state index in [2.05, 4.69) is 237 Å². The van der Waals surface area contributed by atoms with Gasteiger partial charge in [-0.05, 0) is 141 Å². The highest BCUT2D eigenvalue weighted by atomic mass is 16.5. The summed E-state index contributed by atoms with van der Waals surface area (Å²) >= 11 is 0. The van der Waals surface area contributed by atoms with E-state index in [9.17, 15) is 29.7 Å². The third-order valence-corrected chi connectivity index (χ3v) is 23.1. The van der Waals surface area contributed by atoms with Gasteiger partial charge in [0, 0.05) is 109 Å². The van der Waals surface area contributed by atoms with Gasteiger partial charge >= 0.3 is 17.9 Å². The second-order valence-electron chi connectivity index (χ2n) is 34.0. The van der Waals surface area contributed by atoms with Crippen LogP contribution in [-0.2, 0) is 93.3 Å². The first kappa shape index (κ1) is 95.6. The molecule has 14 aromatic carbocycles. The van der Waals surface area contributed by atoms with Gasteiger partial charge in [0.05, 0.1) is 0 Å². The quantitative estimate of drug-likeness (QED) is 0.0208. The van der Waals surface area contributed by atoms with Gasteiger partial charge in [-0.15, -0.1) is 0 Å². The van der Waals surface area contributed by atoms with Crippen molar-refractivity contribution in [1.82, 2.24) is 19.7 Å². The molecule has 9 N–H and O–H groups in total. The fourth-order valence-electron chi connectivity index (χ4n) is 16.1. The van der Waals surface area contributed by atoms with Gasteiger partial charge in [0.1, 0.15) is 92.0 Å². The molecule has 0 aliphatic heterocycles. The summed E-state index contributed by atoms with van der Waals surface area (Å²) in [7, 11) is 0. The Morgan fingerprint density at radius 1 is 0.288 bits per heavy atom. The molecule has 3 atom stereocenters. The lowest BCUT2D eigenvalue weighted by molar-refractivity contribution is -0.139. The number of fused-ring (bicyclic) bond motifs is 3. The van der Waals surface area contributed by atoms with Crippen LogP contribution in [0.15, 0.2) is 322 Å². The number of nitrogens with two attached hydrogens (primary N) is 3. The second-order valence-corrected chi connectivity index (χ2v) is 34.0. The maximum Gasteiger partial charge on any atom is 0.320 e. The molecule has 0 bridgehead atoms. The molecule has 0 aliphatic carbocycles. The van der Waals surface area contributed by atoms with Gasteiger partial charge in [-0.3, -0.25) is 34.1 Å². The number of benzene rings is 14. The van der Waals surface area contributed by atoms with Crippen LogP contribution >= 0.6 is 0 Å². The second kappa shape index (κ2) is 48.0. The molecule has 15 rings (SSSR count). The van der Waals surface area contributed by atoms with Crippen LogP contribution < -0.4 is 45.6 Å². The summed E-state index contributed by atoms with van der Waals surface area (Å²) in [5.74, 6) is 1.75. The molecule has 0 aliphatic rings. The molecule has 0 fully saturated rings. The first-order valence-corrected chi connectivity index (χ1v) is 44.9. The summed E-state index contributed by atoms with van der Waals surface area (Å²) in [5.41, 5.74) is 38.5. The number of aromatic nitrogens is 1. The van der Waals surface area contributed by atoms with E-state index in [0.717, 1.165) is 134 Å². The molecule has 0 spiro atoms. The van der Waals surface area contributed by atoms with Crippen LogP contribution in [0.2, 0.25) is 0 Å². The van der Waals surface area contributed by atoms with Crippen LogP contribution in [0.3, 0.4) is 0 Å². The van der Waals surface area contributed by atoms with Crippen LogP contribution in [0.1, 0.15) is 119 Å². The van der Waals surface area contributed by atoms with Crippen molar-refractivity contribution >= 4 is 50.4 Å². The van der Waals surface area contributed by atoms with E-state index in [0.29, 0.717) is 118 Å². The number of hydrogen-bond acceptors (Lipinski definition) is 16. The number of carbonyl (C=O) groups is 3. The van der Waals surface area contributed by atoms with Gasteiger partial charge < -0.3 is 60.9 Å². The van der Waals surface area contributed by atoms with Gasteiger partial charge in [0.25, 0.3) is 0 Å². The fraction of sp³-hybridized carbons (Fsp3) is 0.239. The SMILES string of the molecule is Cc1cccc(COc2ccccc2CN(CC[C@H](N)C(=O)O)Cc2c(OCc3cccc(C)c3)ccc3ccccc23)c1.Cc1cccc(COc2ccccc2CN(CC[C@H](N)C(=O)O)Cc2ccc3ccccc3c2OCc2cccc(C)c2)c1.Cc1cccc(COc2ccccc2CN(CC[C@H](N)C(=O)O)Cc2ccc3cccnc3c2OCc2cccc(C)c2)c1. The van der Waals surface area contributed by atoms with E-state index in [1.54, 1.807) is 6.20 Å². The lowest BCUT2D eigenvalue weighted by Gasteiger charge is -2.26. The number of hydrogen-bond donors (Lipinski definition) is 6. The van der Waals surface area contributed by atoms with Crippen molar-refractivity contribution in [2.75, 3.05) is 19.6 Å². The fourth-order valence-corrected chi connectivity index (χ4v) is 16.1. The maximum absolute atomic E-state index is 11.6. The van der Waals surface area contributed by atoms with E-state index in [4.69, 9.17) is 45.6 Å². The standard InChI is InChI=1S/2C38H40N2O4.C37H39N3O4/c1-27-9-7-11-29(21-27)25-43-36-16-6-4-14-32(36)23-40(20-19-35(39)38(41)42)24-33-18-17-31-13-3-5-15-34(31)37(33)44-26-30-12-8-10-28(2)22-30;1-27-9-7-11-29(21-27)25-43-36-16-6-4-14-32(36)23-40(20-19-35(39)38(41)42)24-34-33-15-5-3-13-31(33)17-18-37(34)44-26-30-12-8-10-28(2)22-30;1-26-8-5-10-28(20-26)24-43-34-14-4-3-12-31(34)22-40(19-17-33(38)37(41)42)23-32-16-15-30-13-7-18-39-35(30)36(32)44-25-29-11-6-9-27(2)21-29/h2*3-18,21-22,35H,19-20,23-26,39H2,1-2H3,(H,41,42);3-16,18,20-21,33H,17,19,22-25,38H2,1-2H3,(H,41,42)/t2*35-;33-/m000/s1. The Balaban J connectivity index is 0.000000168. The predicted molar refractivity (Wildman–Crippen MR) is 525 cm³/mol. The Morgan fingerprint density at radius 2 is 0.583 bits per heavy atom. The molecule has 0 radical (unpaired) electrons. The molecule has 1 aromatic heterocycles. The monoisotopic (exact) mass is 1770 g/mol. The molecule has 15 aromatic rings. The van der Waals surface area contributed by atoms with Crippen molar-refractivity contribution in [2.45, 2.75) is 158 Å². The molecule has 1 heterocycles. The molecule has 19 nitrogen and oxygen atoms in total. The van der Waals surface area contributed by atoms with Crippen LogP contribution in [0.4, 0.5) is 0 Å². The van der Waals surface area contributed by atoms with Crippen LogP contribution in [0, 0.1) is 41.5 Å². The maximum atomic E-state index is 11.6. The normalized spacial score (nSPS) is 11.9. The number of aryl methyl sites for hydroxylation is 6. The Labute approximate surface area is 774 Å². The van der Waals surface area contributed by atoms with Crippen molar-refractivity contribution in [1.29, 1.82) is 0 Å². The summed E-state index contributed by atoms with van der Waals surface area (Å²) < 4.78 is 38.4. The first-order valence-electron chi connectivity index (χ1n) is 44.9. The Morgan fingerprint density at radius 3 is 0.970 bits per heavy atom. The lowest BCUT2D eigenvalue weighted by Crippen LogP contribution is -2.35. The zero-order valence-corrected chi connectivity index (χ0v) is 76.1. The van der Waals surface area contributed by atoms with Crippen LogP contribution in [-0.4, -0.2) is 90.7 Å². The molecular weight excluding hydrogens is 1650 g/mol. The Bertz CT molecular complexity index is 6110. The van der Waals surface area contributed by atoms with Crippen molar-refractivity contribution in [2.24, 2.45) is 17.2 Å². The summed E-state index contributed by atoms with van der Waals surface area (Å²) in [4.78, 5) is 46.1. The zero-order chi connectivity index (χ0) is 92.7. The van der Waals surface area contributed by atoms with Crippen molar-refractivity contribution in [3.8, 4) is 34.5 Å². The Hall–Kier alpha value is -14.0. The zero-order valence-electron chi connectivity index (χ0n) is 76.1. The molecule has 0 saturated heterocycles. The average Bonchev–Trinajstić information content (AvgIpc) is 0.803. The topological polar surface area (TPSA) is 268 Å². The lowest BCUT2D eigenvalue weighted by atomic mass is 10.0. The van der Waals surface area contributed by atoms with Crippen LogP contribution in [0.5, 0.6) is 34.5 Å². The Kier molecular flexibility index (Phi) is 34.8. The molecule has 132 heavy (non-hydrogen) atoms. The minimum absolute atomic E-state index is 0.299. The molecular formula is C113H119N7O12. The molecule has 0 saturated carbocycles. The highest BCUT2D eigenvalue weighted by molar-refractivity contribution is 5.90. The van der Waals surface area contributed by atoms with E-state index in [1.807, 2.05) is 140 Å². The van der Waals surface area contributed by atoms with E-state index in [1.165, 1.54) is 33.4 Å². The predicted octanol–water partition coefficient (Wildman–Crippen LogP) is 21.7. The average molecular weight is 1770 g/mol. The van der Waals surface area contributed by atoms with Crippen molar-refractivity contribution in [3.05, 3.63) is 422 Å². The number of rotatable bonds is 42. The highest BCUT2D eigenvalue weighted by Crippen LogP contribution is 2.37. The first-order chi connectivity index (χ1) is 64.1. The van der Waals surface area contributed by atoms with E-state index >= 15 is 0 Å². The number of carboxylic acid groups (broad SMARTS) is 3. The minimum atomic E-state index is -1.01. The largest absolute Gasteiger partial charge is 0.489 e. The number of para-hydroxylation sites is 3. The smallest absolute Gasteiger partial charge is 0.320 e.